The number of ketones is 1. The van der Waals surface area contributed by atoms with Gasteiger partial charge in [-0.15, -0.1) is 0 Å². The molecule has 5 heteroatoms. The molecule has 1 aliphatic heterocycles. The summed E-state index contributed by atoms with van der Waals surface area (Å²) in [5, 5.41) is 10.0. The highest BCUT2D eigenvalue weighted by Crippen LogP contribution is 2.37. The maximum atomic E-state index is 12.3. The minimum atomic E-state index is -0.504. The summed E-state index contributed by atoms with van der Waals surface area (Å²) in [5.41, 5.74) is 1.02. The standard InChI is InChI=1S/C16H20N2O3/c1-11(19)13-14(12-7-5-4-6-8-12)18(10-9-17(2)3)16(21)15(13)20/h4-8,14,20H,9-10H2,1-3H3/t14-/m0/s1. The van der Waals surface area contributed by atoms with Crippen molar-refractivity contribution < 1.29 is 14.7 Å². The van der Waals surface area contributed by atoms with E-state index in [1.807, 2.05) is 49.3 Å². The minimum absolute atomic E-state index is 0.185. The molecule has 0 aromatic heterocycles. The smallest absolute Gasteiger partial charge is 0.290 e. The van der Waals surface area contributed by atoms with Gasteiger partial charge in [-0.3, -0.25) is 9.59 Å². The van der Waals surface area contributed by atoms with Crippen LogP contribution in [0.15, 0.2) is 41.7 Å². The fourth-order valence-corrected chi connectivity index (χ4v) is 2.53. The van der Waals surface area contributed by atoms with Gasteiger partial charge in [-0.2, -0.15) is 0 Å². The number of hydrogen-bond acceptors (Lipinski definition) is 4. The zero-order valence-corrected chi connectivity index (χ0v) is 12.5. The molecule has 1 N–H and O–H groups in total. The number of amides is 1. The number of Topliss-reactive ketones (excluding diaryl/α,β-unsaturated/α-hetero) is 1. The van der Waals surface area contributed by atoms with Crippen LogP contribution in [0.25, 0.3) is 0 Å². The fraction of sp³-hybridized carbons (Fsp3) is 0.375. The minimum Gasteiger partial charge on any atom is -0.503 e. The summed E-state index contributed by atoms with van der Waals surface area (Å²) in [5.74, 6) is -1.17. The second-order valence-electron chi connectivity index (χ2n) is 5.43. The van der Waals surface area contributed by atoms with Gasteiger partial charge in [0.05, 0.1) is 11.6 Å². The molecule has 21 heavy (non-hydrogen) atoms. The Kier molecular flexibility index (Phi) is 4.43. The van der Waals surface area contributed by atoms with Gasteiger partial charge in [0.15, 0.2) is 11.5 Å². The van der Waals surface area contributed by atoms with E-state index in [-0.39, 0.29) is 11.4 Å². The molecule has 0 bridgehead atoms. The van der Waals surface area contributed by atoms with Crippen molar-refractivity contribution >= 4 is 11.7 Å². The zero-order valence-electron chi connectivity index (χ0n) is 12.5. The van der Waals surface area contributed by atoms with Crippen molar-refractivity contribution in [2.75, 3.05) is 27.2 Å². The first-order chi connectivity index (χ1) is 9.93. The lowest BCUT2D eigenvalue weighted by molar-refractivity contribution is -0.129. The van der Waals surface area contributed by atoms with Gasteiger partial charge in [0.1, 0.15) is 0 Å². The molecule has 0 fully saturated rings. The summed E-state index contributed by atoms with van der Waals surface area (Å²) >= 11 is 0. The molecule has 112 valence electrons. The van der Waals surface area contributed by atoms with E-state index in [4.69, 9.17) is 0 Å². The third-order valence-electron chi connectivity index (χ3n) is 3.59. The average Bonchev–Trinajstić information content (AvgIpc) is 2.70. The Morgan fingerprint density at radius 3 is 2.43 bits per heavy atom. The van der Waals surface area contributed by atoms with Crippen molar-refractivity contribution in [2.45, 2.75) is 13.0 Å². The van der Waals surface area contributed by atoms with Crippen LogP contribution < -0.4 is 0 Å². The van der Waals surface area contributed by atoms with Crippen molar-refractivity contribution in [3.05, 3.63) is 47.2 Å². The topological polar surface area (TPSA) is 60.9 Å². The number of nitrogens with zero attached hydrogens (tertiary/aromatic N) is 2. The summed E-state index contributed by atoms with van der Waals surface area (Å²) in [7, 11) is 3.83. The third kappa shape index (κ3) is 2.97. The highest BCUT2D eigenvalue weighted by Gasteiger charge is 2.41. The Labute approximate surface area is 124 Å². The van der Waals surface area contributed by atoms with Gasteiger partial charge < -0.3 is 14.9 Å². The van der Waals surface area contributed by atoms with Crippen molar-refractivity contribution in [1.82, 2.24) is 9.80 Å². The number of rotatable bonds is 5. The molecule has 0 saturated heterocycles. The van der Waals surface area contributed by atoms with Crippen LogP contribution in [0.3, 0.4) is 0 Å². The molecule has 0 spiro atoms. The summed E-state index contributed by atoms with van der Waals surface area (Å²) in [6, 6.07) is 8.82. The molecule has 0 aliphatic carbocycles. The van der Waals surface area contributed by atoms with Crippen LogP contribution in [0.1, 0.15) is 18.5 Å². The van der Waals surface area contributed by atoms with Crippen LogP contribution in [-0.2, 0) is 9.59 Å². The number of hydrogen-bond donors (Lipinski definition) is 1. The van der Waals surface area contributed by atoms with Crippen LogP contribution in [0.2, 0.25) is 0 Å². The molecule has 5 nitrogen and oxygen atoms in total. The first kappa shape index (κ1) is 15.3. The van der Waals surface area contributed by atoms with E-state index in [1.165, 1.54) is 6.92 Å². The Morgan fingerprint density at radius 2 is 1.90 bits per heavy atom. The fourth-order valence-electron chi connectivity index (χ4n) is 2.53. The molecular weight excluding hydrogens is 268 g/mol. The lowest BCUT2D eigenvalue weighted by Crippen LogP contribution is -2.36. The molecule has 0 radical (unpaired) electrons. The van der Waals surface area contributed by atoms with Crippen LogP contribution in [0, 0.1) is 0 Å². The van der Waals surface area contributed by atoms with Gasteiger partial charge in [-0.1, -0.05) is 30.3 Å². The highest BCUT2D eigenvalue weighted by atomic mass is 16.3. The van der Waals surface area contributed by atoms with Gasteiger partial charge in [-0.05, 0) is 26.6 Å². The molecule has 1 amide bonds. The summed E-state index contributed by atoms with van der Waals surface area (Å²) in [6.45, 7) is 2.49. The number of carbonyl (C=O) groups excluding carboxylic acids is 2. The predicted octanol–water partition coefficient (Wildman–Crippen LogP) is 1.53. The van der Waals surface area contributed by atoms with Gasteiger partial charge in [0.25, 0.3) is 5.91 Å². The molecule has 0 saturated carbocycles. The van der Waals surface area contributed by atoms with Gasteiger partial charge in [0, 0.05) is 13.1 Å². The Morgan fingerprint density at radius 1 is 1.29 bits per heavy atom. The Balaban J connectivity index is 2.41. The number of aliphatic hydroxyl groups is 1. The molecule has 1 atom stereocenters. The summed E-state index contributed by atoms with van der Waals surface area (Å²) in [6.07, 6.45) is 0. The lowest BCUT2D eigenvalue weighted by Gasteiger charge is -2.27. The van der Waals surface area contributed by atoms with E-state index < -0.39 is 17.7 Å². The van der Waals surface area contributed by atoms with Crippen LogP contribution in [0.5, 0.6) is 0 Å². The number of likely N-dealkylation sites (N-methyl/N-ethyl adjacent to an activating group) is 1. The highest BCUT2D eigenvalue weighted by molar-refractivity contribution is 6.08. The first-order valence-corrected chi connectivity index (χ1v) is 6.88. The first-order valence-electron chi connectivity index (χ1n) is 6.88. The maximum Gasteiger partial charge on any atom is 0.290 e. The van der Waals surface area contributed by atoms with Crippen molar-refractivity contribution in [1.29, 1.82) is 0 Å². The van der Waals surface area contributed by atoms with E-state index in [2.05, 4.69) is 0 Å². The number of aliphatic hydroxyl groups excluding tert-OH is 1. The van der Waals surface area contributed by atoms with Crippen molar-refractivity contribution in [3.63, 3.8) is 0 Å². The second kappa shape index (κ2) is 6.10. The third-order valence-corrected chi connectivity index (χ3v) is 3.59. The zero-order chi connectivity index (χ0) is 15.6. The molecule has 1 aliphatic rings. The SMILES string of the molecule is CC(=O)C1=C(O)C(=O)N(CCN(C)C)[C@H]1c1ccccc1. The van der Waals surface area contributed by atoms with Gasteiger partial charge in [-0.25, -0.2) is 0 Å². The van der Waals surface area contributed by atoms with E-state index in [9.17, 15) is 14.7 Å². The van der Waals surface area contributed by atoms with Crippen molar-refractivity contribution in [2.24, 2.45) is 0 Å². The summed E-state index contributed by atoms with van der Waals surface area (Å²) < 4.78 is 0. The monoisotopic (exact) mass is 288 g/mol. The van der Waals surface area contributed by atoms with E-state index in [1.54, 1.807) is 4.90 Å². The molecule has 1 aromatic carbocycles. The molecule has 2 rings (SSSR count). The molecular formula is C16H20N2O3. The quantitative estimate of drug-likeness (QED) is 0.892. The second-order valence-corrected chi connectivity index (χ2v) is 5.43. The molecule has 0 unspecified atom stereocenters. The van der Waals surface area contributed by atoms with E-state index in [0.717, 1.165) is 5.56 Å². The Bertz CT molecular complexity index is 578. The lowest BCUT2D eigenvalue weighted by atomic mass is 9.97. The molecule has 1 aromatic rings. The number of benzene rings is 1. The normalized spacial score (nSPS) is 18.8. The Hall–Kier alpha value is -2.14. The van der Waals surface area contributed by atoms with Crippen LogP contribution in [-0.4, -0.2) is 53.8 Å². The van der Waals surface area contributed by atoms with Gasteiger partial charge in [0.2, 0.25) is 0 Å². The largest absolute Gasteiger partial charge is 0.503 e. The van der Waals surface area contributed by atoms with Gasteiger partial charge >= 0.3 is 0 Å². The molecule has 1 heterocycles. The number of carbonyl (C=O) groups is 2. The van der Waals surface area contributed by atoms with Crippen LogP contribution in [0.4, 0.5) is 0 Å². The predicted molar refractivity (Wildman–Crippen MR) is 79.8 cm³/mol. The maximum absolute atomic E-state index is 12.3. The van der Waals surface area contributed by atoms with Crippen molar-refractivity contribution in [3.8, 4) is 0 Å². The van der Waals surface area contributed by atoms with Crippen LogP contribution >= 0.6 is 0 Å². The summed E-state index contributed by atoms with van der Waals surface area (Å²) in [4.78, 5) is 27.6. The average molecular weight is 288 g/mol. The van der Waals surface area contributed by atoms with E-state index in [0.29, 0.717) is 13.1 Å². The van der Waals surface area contributed by atoms with E-state index >= 15 is 0 Å².